The van der Waals surface area contributed by atoms with Gasteiger partial charge in [0.1, 0.15) is 5.75 Å². The second kappa shape index (κ2) is 6.20. The lowest BCUT2D eigenvalue weighted by atomic mass is 9.85. The molecule has 0 radical (unpaired) electrons. The van der Waals surface area contributed by atoms with Gasteiger partial charge < -0.3 is 10.1 Å². The second-order valence-corrected chi connectivity index (χ2v) is 5.81. The lowest BCUT2D eigenvalue weighted by molar-refractivity contribution is 0.0949. The predicted octanol–water partition coefficient (Wildman–Crippen LogP) is 3.17. The molecule has 1 aromatic carbocycles. The van der Waals surface area contributed by atoms with Crippen molar-refractivity contribution in [3.05, 3.63) is 29.3 Å². The quantitative estimate of drug-likeness (QED) is 0.829. The minimum atomic E-state index is -0.200. The molecule has 19 heavy (non-hydrogen) atoms. The van der Waals surface area contributed by atoms with Gasteiger partial charge in [0.25, 0.3) is 0 Å². The van der Waals surface area contributed by atoms with E-state index in [9.17, 15) is 4.79 Å². The minimum Gasteiger partial charge on any atom is -0.496 e. The van der Waals surface area contributed by atoms with E-state index in [1.807, 2.05) is 32.0 Å². The summed E-state index contributed by atoms with van der Waals surface area (Å²) in [5.74, 6) is 0.715. The van der Waals surface area contributed by atoms with Gasteiger partial charge in [0.15, 0.2) is 5.78 Å². The van der Waals surface area contributed by atoms with Gasteiger partial charge in [-0.2, -0.15) is 0 Å². The average molecular weight is 263 g/mol. The van der Waals surface area contributed by atoms with Gasteiger partial charge in [-0.3, -0.25) is 4.79 Å². The van der Waals surface area contributed by atoms with Crippen molar-refractivity contribution in [1.29, 1.82) is 0 Å². The summed E-state index contributed by atoms with van der Waals surface area (Å²) in [5, 5.41) is 3.15. The molecule has 0 aliphatic rings. The topological polar surface area (TPSA) is 38.3 Å². The molecule has 1 aromatic rings. The molecule has 0 aliphatic heterocycles. The first-order valence-electron chi connectivity index (χ1n) is 6.77. The van der Waals surface area contributed by atoms with E-state index in [2.05, 4.69) is 26.1 Å². The Morgan fingerprint density at radius 2 is 2.00 bits per heavy atom. The summed E-state index contributed by atoms with van der Waals surface area (Å²) in [6.45, 7) is 11.1. The summed E-state index contributed by atoms with van der Waals surface area (Å²) in [6, 6.07) is 5.66. The summed E-state index contributed by atoms with van der Waals surface area (Å²) >= 11 is 0. The van der Waals surface area contributed by atoms with Gasteiger partial charge in [0.2, 0.25) is 0 Å². The molecule has 106 valence electrons. The summed E-state index contributed by atoms with van der Waals surface area (Å²) in [6.07, 6.45) is 0. The Labute approximate surface area is 116 Å². The maximum absolute atomic E-state index is 12.5. The largest absolute Gasteiger partial charge is 0.496 e. The number of ether oxygens (including phenoxy) is 1. The molecule has 0 aliphatic carbocycles. The van der Waals surface area contributed by atoms with Gasteiger partial charge in [-0.25, -0.2) is 0 Å². The van der Waals surface area contributed by atoms with E-state index in [-0.39, 0.29) is 17.2 Å². The highest BCUT2D eigenvalue weighted by atomic mass is 16.5. The zero-order valence-electron chi connectivity index (χ0n) is 12.8. The molecule has 0 spiro atoms. The number of Topliss-reactive ketones (excluding diaryl/α,β-unsaturated/α-hetero) is 1. The molecule has 0 bridgehead atoms. The fraction of sp³-hybridized carbons (Fsp3) is 0.562. The van der Waals surface area contributed by atoms with Crippen molar-refractivity contribution in [1.82, 2.24) is 5.32 Å². The molecule has 0 saturated carbocycles. The maximum atomic E-state index is 12.5. The highest BCUT2D eigenvalue weighted by Crippen LogP contribution is 2.28. The minimum absolute atomic E-state index is 0.0166. The number of likely N-dealkylation sites (N-methyl/N-ethyl adjacent to an activating group) is 1. The zero-order valence-corrected chi connectivity index (χ0v) is 12.8. The fourth-order valence-electron chi connectivity index (χ4n) is 2.00. The normalized spacial score (nSPS) is 13.2. The van der Waals surface area contributed by atoms with Gasteiger partial charge in [-0.05, 0) is 36.6 Å². The third-order valence-corrected chi connectivity index (χ3v) is 3.23. The van der Waals surface area contributed by atoms with E-state index in [0.717, 1.165) is 12.1 Å². The Morgan fingerprint density at radius 1 is 1.37 bits per heavy atom. The summed E-state index contributed by atoms with van der Waals surface area (Å²) < 4.78 is 5.31. The molecule has 1 unspecified atom stereocenters. The van der Waals surface area contributed by atoms with Crippen LogP contribution in [0.4, 0.5) is 0 Å². The Bertz CT molecular complexity index is 447. The second-order valence-electron chi connectivity index (χ2n) is 5.81. The first-order chi connectivity index (χ1) is 8.81. The van der Waals surface area contributed by atoms with Crippen LogP contribution >= 0.6 is 0 Å². The average Bonchev–Trinajstić information content (AvgIpc) is 2.36. The Morgan fingerprint density at radius 3 is 2.47 bits per heavy atom. The SMILES string of the molecule is CCNC(C)C(=O)c1cc(C(C)(C)C)ccc1OC. The number of ketones is 1. The molecule has 0 saturated heterocycles. The van der Waals surface area contributed by atoms with Gasteiger partial charge in [-0.15, -0.1) is 0 Å². The molecule has 1 atom stereocenters. The molecule has 0 aromatic heterocycles. The van der Waals surface area contributed by atoms with Crippen LogP contribution in [0.3, 0.4) is 0 Å². The summed E-state index contributed by atoms with van der Waals surface area (Å²) in [5.41, 5.74) is 1.81. The van der Waals surface area contributed by atoms with Crippen LogP contribution in [-0.4, -0.2) is 25.5 Å². The van der Waals surface area contributed by atoms with Gasteiger partial charge >= 0.3 is 0 Å². The number of methoxy groups -OCH3 is 1. The number of carbonyl (C=O) groups excluding carboxylic acids is 1. The van der Waals surface area contributed by atoms with Crippen LogP contribution in [-0.2, 0) is 5.41 Å². The van der Waals surface area contributed by atoms with Crippen LogP contribution in [0, 0.1) is 0 Å². The third-order valence-electron chi connectivity index (χ3n) is 3.23. The molecule has 0 amide bonds. The third kappa shape index (κ3) is 3.80. The lowest BCUT2D eigenvalue weighted by Crippen LogP contribution is -2.34. The van der Waals surface area contributed by atoms with E-state index in [1.165, 1.54) is 0 Å². The lowest BCUT2D eigenvalue weighted by Gasteiger charge is -2.21. The van der Waals surface area contributed by atoms with Crippen molar-refractivity contribution >= 4 is 5.78 Å². The smallest absolute Gasteiger partial charge is 0.183 e. The first kappa shape index (κ1) is 15.7. The summed E-state index contributed by atoms with van der Waals surface area (Å²) in [4.78, 5) is 12.5. The van der Waals surface area contributed by atoms with Crippen molar-refractivity contribution in [2.75, 3.05) is 13.7 Å². The van der Waals surface area contributed by atoms with Crippen molar-refractivity contribution in [2.24, 2.45) is 0 Å². The first-order valence-corrected chi connectivity index (χ1v) is 6.77. The number of hydrogen-bond donors (Lipinski definition) is 1. The molecule has 0 fully saturated rings. The van der Waals surface area contributed by atoms with Gasteiger partial charge in [-0.1, -0.05) is 33.8 Å². The number of hydrogen-bond acceptors (Lipinski definition) is 3. The number of rotatable bonds is 5. The number of carbonyl (C=O) groups is 1. The molecule has 0 heterocycles. The maximum Gasteiger partial charge on any atom is 0.183 e. The standard InChI is InChI=1S/C16H25NO2/c1-7-17-11(2)15(18)13-10-12(16(3,4)5)8-9-14(13)19-6/h8-11,17H,7H2,1-6H3. The number of benzene rings is 1. The fourth-order valence-corrected chi connectivity index (χ4v) is 2.00. The van der Waals surface area contributed by atoms with E-state index >= 15 is 0 Å². The van der Waals surface area contributed by atoms with Crippen LogP contribution in [0.15, 0.2) is 18.2 Å². The highest BCUT2D eigenvalue weighted by molar-refractivity contribution is 6.02. The van der Waals surface area contributed by atoms with Gasteiger partial charge in [0.05, 0.1) is 18.7 Å². The Balaban J connectivity index is 3.20. The van der Waals surface area contributed by atoms with E-state index in [1.54, 1.807) is 7.11 Å². The molecule has 3 nitrogen and oxygen atoms in total. The van der Waals surface area contributed by atoms with Crippen molar-refractivity contribution in [3.8, 4) is 5.75 Å². The van der Waals surface area contributed by atoms with Crippen LogP contribution in [0.25, 0.3) is 0 Å². The summed E-state index contributed by atoms with van der Waals surface area (Å²) in [7, 11) is 1.60. The van der Waals surface area contributed by atoms with Gasteiger partial charge in [0, 0.05) is 0 Å². The van der Waals surface area contributed by atoms with Crippen LogP contribution < -0.4 is 10.1 Å². The number of nitrogens with one attached hydrogen (secondary N) is 1. The zero-order chi connectivity index (χ0) is 14.6. The van der Waals surface area contributed by atoms with E-state index in [0.29, 0.717) is 11.3 Å². The van der Waals surface area contributed by atoms with Crippen LogP contribution in [0.5, 0.6) is 5.75 Å². The Hall–Kier alpha value is -1.35. The molecule has 3 heteroatoms. The van der Waals surface area contributed by atoms with Crippen molar-refractivity contribution in [3.63, 3.8) is 0 Å². The van der Waals surface area contributed by atoms with Crippen molar-refractivity contribution < 1.29 is 9.53 Å². The van der Waals surface area contributed by atoms with Crippen molar-refractivity contribution in [2.45, 2.75) is 46.1 Å². The highest BCUT2D eigenvalue weighted by Gasteiger charge is 2.22. The van der Waals surface area contributed by atoms with Crippen LogP contribution in [0.1, 0.15) is 50.5 Å². The monoisotopic (exact) mass is 263 g/mol. The Kier molecular flexibility index (Phi) is 5.12. The van der Waals surface area contributed by atoms with Crippen LogP contribution in [0.2, 0.25) is 0 Å². The molecule has 1 N–H and O–H groups in total. The molecule has 1 rings (SSSR count). The van der Waals surface area contributed by atoms with E-state index < -0.39 is 0 Å². The molecular weight excluding hydrogens is 238 g/mol. The predicted molar refractivity (Wildman–Crippen MR) is 79.2 cm³/mol. The molecular formula is C16H25NO2. The van der Waals surface area contributed by atoms with E-state index in [4.69, 9.17) is 4.74 Å².